The number of nitrogens with one attached hydrogen (secondary N) is 1. The van der Waals surface area contributed by atoms with Gasteiger partial charge in [-0.3, -0.25) is 0 Å². The molecule has 0 unspecified atom stereocenters. The summed E-state index contributed by atoms with van der Waals surface area (Å²) in [4.78, 5) is 9.63. The fraction of sp³-hybridized carbons (Fsp3) is 0.250. The first-order valence-electron chi connectivity index (χ1n) is 6.78. The van der Waals surface area contributed by atoms with E-state index >= 15 is 0 Å². The van der Waals surface area contributed by atoms with Crippen molar-refractivity contribution in [1.29, 1.82) is 0 Å². The van der Waals surface area contributed by atoms with Crippen LogP contribution in [0.1, 0.15) is 24.1 Å². The van der Waals surface area contributed by atoms with Crippen LogP contribution in [-0.2, 0) is 0 Å². The zero-order chi connectivity index (χ0) is 14.8. The van der Waals surface area contributed by atoms with E-state index in [0.717, 1.165) is 27.3 Å². The maximum atomic E-state index is 5.46. The minimum Gasteiger partial charge on any atom is -0.496 e. The van der Waals surface area contributed by atoms with E-state index in [0.29, 0.717) is 0 Å². The van der Waals surface area contributed by atoms with Crippen molar-refractivity contribution in [2.75, 3.05) is 12.4 Å². The van der Waals surface area contributed by atoms with Gasteiger partial charge in [0.2, 0.25) is 0 Å². The van der Waals surface area contributed by atoms with Crippen LogP contribution in [0.2, 0.25) is 0 Å². The summed E-state index contributed by atoms with van der Waals surface area (Å²) in [6.07, 6.45) is 1.60. The summed E-state index contributed by atoms with van der Waals surface area (Å²) in [5.41, 5.74) is 2.34. The molecule has 108 valence electrons. The predicted molar refractivity (Wildman–Crippen MR) is 87.2 cm³/mol. The van der Waals surface area contributed by atoms with Crippen LogP contribution < -0.4 is 10.1 Å². The number of ether oxygens (including phenoxy) is 1. The molecular formula is C16H17N3OS. The molecule has 0 radical (unpaired) electrons. The Morgan fingerprint density at radius 2 is 2.10 bits per heavy atom. The van der Waals surface area contributed by atoms with Crippen molar-refractivity contribution >= 4 is 27.4 Å². The van der Waals surface area contributed by atoms with Crippen molar-refractivity contribution in [2.45, 2.75) is 19.9 Å². The SMILES string of the molecule is COc1ccc(C)cc1[C@@H](C)Nc1ncnc2sccc12. The molecule has 2 heterocycles. The first-order chi connectivity index (χ1) is 10.2. The average Bonchev–Trinajstić information content (AvgIpc) is 2.96. The van der Waals surface area contributed by atoms with Gasteiger partial charge in [-0.25, -0.2) is 9.97 Å². The number of hydrogen-bond acceptors (Lipinski definition) is 5. The Labute approximate surface area is 127 Å². The molecular weight excluding hydrogens is 282 g/mol. The Kier molecular flexibility index (Phi) is 3.75. The van der Waals surface area contributed by atoms with Gasteiger partial charge in [-0.1, -0.05) is 17.7 Å². The molecule has 0 fully saturated rings. The molecule has 0 aliphatic carbocycles. The van der Waals surface area contributed by atoms with Gasteiger partial charge in [0.05, 0.1) is 18.5 Å². The summed E-state index contributed by atoms with van der Waals surface area (Å²) >= 11 is 1.62. The van der Waals surface area contributed by atoms with Crippen LogP contribution in [0.5, 0.6) is 5.75 Å². The number of anilines is 1. The maximum Gasteiger partial charge on any atom is 0.138 e. The standard InChI is InChI=1S/C16H17N3OS/c1-10-4-5-14(20-3)13(8-10)11(2)19-15-12-6-7-21-16(12)18-9-17-15/h4-9,11H,1-3H3,(H,17,18,19)/t11-/m1/s1. The summed E-state index contributed by atoms with van der Waals surface area (Å²) in [5.74, 6) is 1.74. The zero-order valence-corrected chi connectivity index (χ0v) is 13.1. The minimum absolute atomic E-state index is 0.0952. The normalized spacial score (nSPS) is 12.3. The fourth-order valence-electron chi connectivity index (χ4n) is 2.38. The highest BCUT2D eigenvalue weighted by atomic mass is 32.1. The third-order valence-corrected chi connectivity index (χ3v) is 4.29. The van der Waals surface area contributed by atoms with Crippen molar-refractivity contribution in [3.63, 3.8) is 0 Å². The Bertz CT molecular complexity index is 769. The molecule has 3 aromatic rings. The molecule has 1 aromatic carbocycles. The highest BCUT2D eigenvalue weighted by Crippen LogP contribution is 2.31. The molecule has 3 rings (SSSR count). The topological polar surface area (TPSA) is 47.0 Å². The van der Waals surface area contributed by atoms with Crippen LogP contribution in [-0.4, -0.2) is 17.1 Å². The third-order valence-electron chi connectivity index (χ3n) is 3.47. The molecule has 5 heteroatoms. The predicted octanol–water partition coefficient (Wildman–Crippen LogP) is 4.18. The molecule has 0 aliphatic heterocycles. The molecule has 4 nitrogen and oxygen atoms in total. The third kappa shape index (κ3) is 2.69. The van der Waals surface area contributed by atoms with Gasteiger partial charge >= 0.3 is 0 Å². The van der Waals surface area contributed by atoms with Crippen LogP contribution >= 0.6 is 11.3 Å². The maximum absolute atomic E-state index is 5.46. The zero-order valence-electron chi connectivity index (χ0n) is 12.3. The highest BCUT2D eigenvalue weighted by Gasteiger charge is 2.14. The van der Waals surface area contributed by atoms with Gasteiger partial charge in [-0.05, 0) is 31.4 Å². The van der Waals surface area contributed by atoms with E-state index in [2.05, 4.69) is 41.3 Å². The van der Waals surface area contributed by atoms with Gasteiger partial charge in [-0.15, -0.1) is 11.3 Å². The molecule has 0 saturated carbocycles. The first kappa shape index (κ1) is 13.8. The second-order valence-electron chi connectivity index (χ2n) is 4.97. The lowest BCUT2D eigenvalue weighted by Crippen LogP contribution is -2.10. The number of rotatable bonds is 4. The molecule has 2 aromatic heterocycles. The van der Waals surface area contributed by atoms with Crippen LogP contribution in [0.3, 0.4) is 0 Å². The van der Waals surface area contributed by atoms with E-state index in [-0.39, 0.29) is 6.04 Å². The molecule has 1 atom stereocenters. The number of aryl methyl sites for hydroxylation is 1. The molecule has 0 spiro atoms. The van der Waals surface area contributed by atoms with Crippen LogP contribution in [0, 0.1) is 6.92 Å². The summed E-state index contributed by atoms with van der Waals surface area (Å²) in [5, 5.41) is 6.55. The van der Waals surface area contributed by atoms with E-state index < -0.39 is 0 Å². The summed E-state index contributed by atoms with van der Waals surface area (Å²) in [7, 11) is 1.70. The molecule has 0 aliphatic rings. The molecule has 0 bridgehead atoms. The lowest BCUT2D eigenvalue weighted by molar-refractivity contribution is 0.408. The van der Waals surface area contributed by atoms with Gasteiger partial charge in [0.1, 0.15) is 22.7 Å². The van der Waals surface area contributed by atoms with Gasteiger partial charge in [-0.2, -0.15) is 0 Å². The van der Waals surface area contributed by atoms with Crippen molar-refractivity contribution < 1.29 is 4.74 Å². The number of benzene rings is 1. The Morgan fingerprint density at radius 3 is 2.90 bits per heavy atom. The van der Waals surface area contributed by atoms with Crippen LogP contribution in [0.4, 0.5) is 5.82 Å². The lowest BCUT2D eigenvalue weighted by Gasteiger charge is -2.18. The smallest absolute Gasteiger partial charge is 0.138 e. The van der Waals surface area contributed by atoms with E-state index in [1.54, 1.807) is 24.8 Å². The van der Waals surface area contributed by atoms with Gasteiger partial charge in [0, 0.05) is 5.56 Å². The van der Waals surface area contributed by atoms with E-state index in [1.807, 2.05) is 17.5 Å². The Hall–Kier alpha value is -2.14. The van der Waals surface area contributed by atoms with E-state index in [1.165, 1.54) is 5.56 Å². The molecule has 1 N–H and O–H groups in total. The van der Waals surface area contributed by atoms with Crippen molar-refractivity contribution in [3.05, 3.63) is 47.1 Å². The monoisotopic (exact) mass is 299 g/mol. The van der Waals surface area contributed by atoms with Gasteiger partial charge in [0.15, 0.2) is 0 Å². The molecule has 0 saturated heterocycles. The lowest BCUT2D eigenvalue weighted by atomic mass is 10.0. The first-order valence-corrected chi connectivity index (χ1v) is 7.66. The van der Waals surface area contributed by atoms with Crippen LogP contribution in [0.25, 0.3) is 10.2 Å². The van der Waals surface area contributed by atoms with Crippen LogP contribution in [0.15, 0.2) is 36.0 Å². The summed E-state index contributed by atoms with van der Waals surface area (Å²) in [6.45, 7) is 4.19. The Morgan fingerprint density at radius 1 is 1.24 bits per heavy atom. The summed E-state index contributed by atoms with van der Waals surface area (Å²) < 4.78 is 5.46. The average molecular weight is 299 g/mol. The highest BCUT2D eigenvalue weighted by molar-refractivity contribution is 7.16. The number of methoxy groups -OCH3 is 1. The van der Waals surface area contributed by atoms with Crippen molar-refractivity contribution in [2.24, 2.45) is 0 Å². The second kappa shape index (κ2) is 5.69. The largest absolute Gasteiger partial charge is 0.496 e. The molecule has 0 amide bonds. The van der Waals surface area contributed by atoms with E-state index in [9.17, 15) is 0 Å². The number of aromatic nitrogens is 2. The second-order valence-corrected chi connectivity index (χ2v) is 5.87. The van der Waals surface area contributed by atoms with Crippen molar-refractivity contribution in [1.82, 2.24) is 9.97 Å². The van der Waals surface area contributed by atoms with Crippen molar-refractivity contribution in [3.8, 4) is 5.75 Å². The number of nitrogens with zero attached hydrogens (tertiary/aromatic N) is 2. The fourth-order valence-corrected chi connectivity index (χ4v) is 3.11. The summed E-state index contributed by atoms with van der Waals surface area (Å²) in [6, 6.07) is 8.34. The van der Waals surface area contributed by atoms with Gasteiger partial charge < -0.3 is 10.1 Å². The Balaban J connectivity index is 1.94. The molecule has 21 heavy (non-hydrogen) atoms. The number of fused-ring (bicyclic) bond motifs is 1. The number of thiophene rings is 1. The number of hydrogen-bond donors (Lipinski definition) is 1. The van der Waals surface area contributed by atoms with Gasteiger partial charge in [0.25, 0.3) is 0 Å². The van der Waals surface area contributed by atoms with E-state index in [4.69, 9.17) is 4.74 Å². The quantitative estimate of drug-likeness (QED) is 0.785. The minimum atomic E-state index is 0.0952.